The Morgan fingerprint density at radius 2 is 1.76 bits per heavy atom. The van der Waals surface area contributed by atoms with Crippen molar-refractivity contribution in [2.45, 2.75) is 25.3 Å². The summed E-state index contributed by atoms with van der Waals surface area (Å²) >= 11 is 0. The highest BCUT2D eigenvalue weighted by molar-refractivity contribution is 6.05. The summed E-state index contributed by atoms with van der Waals surface area (Å²) in [5, 5.41) is 19.9. The number of nitrogens with zero attached hydrogens (tertiary/aromatic N) is 2. The molecule has 1 fully saturated rings. The summed E-state index contributed by atoms with van der Waals surface area (Å²) in [4.78, 5) is 17.3. The van der Waals surface area contributed by atoms with Crippen LogP contribution in [0.15, 0.2) is 79.0 Å². The molecule has 5 rings (SSSR count). The Bertz CT molecular complexity index is 1370. The van der Waals surface area contributed by atoms with E-state index in [1.54, 1.807) is 18.3 Å². The number of carbonyl (C=O) groups excluding carboxylic acids is 1. The molecule has 0 spiro atoms. The molecule has 1 aliphatic carbocycles. The third kappa shape index (κ3) is 4.63. The second-order valence-corrected chi connectivity index (χ2v) is 8.22. The van der Waals surface area contributed by atoms with Crippen molar-refractivity contribution >= 4 is 39.6 Å². The molecule has 1 saturated carbocycles. The van der Waals surface area contributed by atoms with Crippen LogP contribution in [0.25, 0.3) is 10.9 Å². The van der Waals surface area contributed by atoms with Crippen LogP contribution in [0.3, 0.4) is 0 Å². The minimum absolute atomic E-state index is 0.175. The molecule has 3 aromatic carbocycles. The molecule has 162 valence electrons. The molecule has 33 heavy (non-hydrogen) atoms. The van der Waals surface area contributed by atoms with E-state index in [4.69, 9.17) is 0 Å². The zero-order valence-electron chi connectivity index (χ0n) is 18.0. The maximum Gasteiger partial charge on any atom is 0.255 e. The lowest BCUT2D eigenvalue weighted by Crippen LogP contribution is -2.26. The van der Waals surface area contributed by atoms with Gasteiger partial charge < -0.3 is 16.0 Å². The van der Waals surface area contributed by atoms with E-state index in [1.807, 2.05) is 60.7 Å². The molecule has 1 aliphatic rings. The zero-order chi connectivity index (χ0) is 22.6. The van der Waals surface area contributed by atoms with E-state index >= 15 is 0 Å². The summed E-state index contributed by atoms with van der Waals surface area (Å²) in [6, 6.07) is 25.1. The van der Waals surface area contributed by atoms with Crippen LogP contribution >= 0.6 is 0 Å². The molecule has 6 heteroatoms. The van der Waals surface area contributed by atoms with Crippen molar-refractivity contribution in [1.29, 1.82) is 5.26 Å². The smallest absolute Gasteiger partial charge is 0.255 e. The summed E-state index contributed by atoms with van der Waals surface area (Å²) < 4.78 is 0. The van der Waals surface area contributed by atoms with E-state index < -0.39 is 0 Å². The minimum atomic E-state index is -0.175. The number of rotatable bonds is 6. The summed E-state index contributed by atoms with van der Waals surface area (Å²) in [6.45, 7) is 0. The van der Waals surface area contributed by atoms with Gasteiger partial charge in [-0.25, -0.2) is 0 Å². The molecule has 1 amide bonds. The van der Waals surface area contributed by atoms with Gasteiger partial charge in [0, 0.05) is 45.9 Å². The van der Waals surface area contributed by atoms with Gasteiger partial charge in [-0.15, -0.1) is 0 Å². The van der Waals surface area contributed by atoms with E-state index in [0.29, 0.717) is 17.2 Å². The third-order valence-electron chi connectivity index (χ3n) is 5.87. The van der Waals surface area contributed by atoms with Crippen LogP contribution in [-0.4, -0.2) is 16.9 Å². The van der Waals surface area contributed by atoms with E-state index in [1.165, 1.54) is 19.3 Å². The molecule has 0 atom stereocenters. The SMILES string of the molecule is N#Cc1ccc2nccc(Nc3cccc(C(=O)Nc4cccc(NC5CCC5)c4)c3)c2c1. The van der Waals surface area contributed by atoms with Gasteiger partial charge in [0.05, 0.1) is 17.1 Å². The first kappa shape index (κ1) is 20.5. The van der Waals surface area contributed by atoms with Gasteiger partial charge in [0.2, 0.25) is 0 Å². The fourth-order valence-electron chi connectivity index (χ4n) is 3.90. The van der Waals surface area contributed by atoms with Crippen molar-refractivity contribution in [2.75, 3.05) is 16.0 Å². The monoisotopic (exact) mass is 433 g/mol. The Hall–Kier alpha value is -4.37. The average molecular weight is 434 g/mol. The lowest BCUT2D eigenvalue weighted by Gasteiger charge is -2.27. The van der Waals surface area contributed by atoms with Gasteiger partial charge >= 0.3 is 0 Å². The Morgan fingerprint density at radius 3 is 2.58 bits per heavy atom. The number of aromatic nitrogens is 1. The van der Waals surface area contributed by atoms with Crippen molar-refractivity contribution in [1.82, 2.24) is 4.98 Å². The van der Waals surface area contributed by atoms with Crippen molar-refractivity contribution in [3.05, 3.63) is 90.1 Å². The van der Waals surface area contributed by atoms with E-state index in [9.17, 15) is 10.1 Å². The molecule has 0 saturated heterocycles. The quantitative estimate of drug-likeness (QED) is 0.343. The third-order valence-corrected chi connectivity index (χ3v) is 5.87. The standard InChI is InChI=1S/C27H23N5O/c28-17-18-10-11-25-24(14-18)26(12-13-29-25)31-21-7-1-4-19(15-21)27(33)32-23-9-3-8-22(16-23)30-20-5-2-6-20/h1,3-4,7-16,20,30H,2,5-6H2,(H,29,31)(H,32,33). The normalized spacial score (nSPS) is 13.1. The zero-order valence-corrected chi connectivity index (χ0v) is 18.0. The number of benzene rings is 3. The van der Waals surface area contributed by atoms with Gasteiger partial charge in [-0.3, -0.25) is 9.78 Å². The van der Waals surface area contributed by atoms with Crippen LogP contribution < -0.4 is 16.0 Å². The van der Waals surface area contributed by atoms with Gasteiger partial charge in [-0.05, 0) is 79.9 Å². The van der Waals surface area contributed by atoms with E-state index in [-0.39, 0.29) is 5.91 Å². The minimum Gasteiger partial charge on any atom is -0.382 e. The first-order valence-electron chi connectivity index (χ1n) is 11.0. The molecule has 0 unspecified atom stereocenters. The van der Waals surface area contributed by atoms with Gasteiger partial charge in [0.15, 0.2) is 0 Å². The largest absolute Gasteiger partial charge is 0.382 e. The highest BCUT2D eigenvalue weighted by atomic mass is 16.1. The van der Waals surface area contributed by atoms with Crippen molar-refractivity contribution in [3.63, 3.8) is 0 Å². The second kappa shape index (κ2) is 9.01. The van der Waals surface area contributed by atoms with Crippen LogP contribution in [0, 0.1) is 11.3 Å². The van der Waals surface area contributed by atoms with E-state index in [2.05, 4.69) is 27.0 Å². The molecule has 0 aliphatic heterocycles. The van der Waals surface area contributed by atoms with Crippen LogP contribution in [0.1, 0.15) is 35.2 Å². The molecule has 4 aromatic rings. The maximum absolute atomic E-state index is 12.9. The van der Waals surface area contributed by atoms with E-state index in [0.717, 1.165) is 33.7 Å². The Morgan fingerprint density at radius 1 is 0.939 bits per heavy atom. The fraction of sp³-hybridized carbons (Fsp3) is 0.148. The molecule has 1 aromatic heterocycles. The summed E-state index contributed by atoms with van der Waals surface area (Å²) in [5.41, 5.74) is 5.29. The number of fused-ring (bicyclic) bond motifs is 1. The van der Waals surface area contributed by atoms with Crippen molar-refractivity contribution in [2.24, 2.45) is 0 Å². The molecule has 0 bridgehead atoms. The number of pyridine rings is 1. The Balaban J connectivity index is 1.33. The summed E-state index contributed by atoms with van der Waals surface area (Å²) in [6.07, 6.45) is 5.38. The van der Waals surface area contributed by atoms with Crippen molar-refractivity contribution in [3.8, 4) is 6.07 Å². The van der Waals surface area contributed by atoms with Gasteiger partial charge in [-0.1, -0.05) is 12.1 Å². The van der Waals surface area contributed by atoms with Gasteiger partial charge in [-0.2, -0.15) is 5.26 Å². The first-order valence-corrected chi connectivity index (χ1v) is 11.0. The molecular formula is C27H23N5O. The predicted octanol–water partition coefficient (Wildman–Crippen LogP) is 6.07. The lowest BCUT2D eigenvalue weighted by molar-refractivity contribution is 0.102. The number of carbonyl (C=O) groups is 1. The summed E-state index contributed by atoms with van der Waals surface area (Å²) in [5.74, 6) is -0.175. The van der Waals surface area contributed by atoms with Crippen LogP contribution in [0.5, 0.6) is 0 Å². The topological polar surface area (TPSA) is 89.8 Å². The number of nitrogens with one attached hydrogen (secondary N) is 3. The van der Waals surface area contributed by atoms with Crippen LogP contribution in [0.4, 0.5) is 22.7 Å². The molecule has 6 nitrogen and oxygen atoms in total. The maximum atomic E-state index is 12.9. The Kier molecular flexibility index (Phi) is 5.61. The van der Waals surface area contributed by atoms with Crippen LogP contribution in [0.2, 0.25) is 0 Å². The summed E-state index contributed by atoms with van der Waals surface area (Å²) in [7, 11) is 0. The number of hydrogen-bond acceptors (Lipinski definition) is 5. The second-order valence-electron chi connectivity index (χ2n) is 8.22. The average Bonchev–Trinajstić information content (AvgIpc) is 2.82. The Labute approximate surface area is 192 Å². The molecule has 3 N–H and O–H groups in total. The lowest BCUT2D eigenvalue weighted by atomic mass is 9.93. The molecule has 0 radical (unpaired) electrons. The molecular weight excluding hydrogens is 410 g/mol. The number of hydrogen-bond donors (Lipinski definition) is 3. The van der Waals surface area contributed by atoms with Crippen LogP contribution in [-0.2, 0) is 0 Å². The van der Waals surface area contributed by atoms with Crippen molar-refractivity contribution < 1.29 is 4.79 Å². The number of anilines is 4. The van der Waals surface area contributed by atoms with Gasteiger partial charge in [0.1, 0.15) is 0 Å². The number of amides is 1. The van der Waals surface area contributed by atoms with Gasteiger partial charge in [0.25, 0.3) is 5.91 Å². The number of nitriles is 1. The highest BCUT2D eigenvalue weighted by Gasteiger charge is 2.17. The highest BCUT2D eigenvalue weighted by Crippen LogP contribution is 2.27. The molecule has 1 heterocycles. The predicted molar refractivity (Wildman–Crippen MR) is 132 cm³/mol. The first-order chi connectivity index (χ1) is 16.2. The fourth-order valence-corrected chi connectivity index (χ4v) is 3.90.